The molecule has 21 heavy (non-hydrogen) atoms. The Morgan fingerprint density at radius 1 is 1.33 bits per heavy atom. The first kappa shape index (κ1) is 13.9. The number of halogens is 3. The van der Waals surface area contributed by atoms with Crippen molar-refractivity contribution in [3.63, 3.8) is 0 Å². The molecule has 6 nitrogen and oxygen atoms in total. The Hall–Kier alpha value is -2.06. The van der Waals surface area contributed by atoms with E-state index < -0.39 is 27.9 Å². The number of anilines is 1. The normalized spacial score (nSPS) is 24.1. The zero-order valence-electron chi connectivity index (χ0n) is 10.8. The number of nitrogens with zero attached hydrogens (tertiary/aromatic N) is 2. The van der Waals surface area contributed by atoms with Gasteiger partial charge in [-0.15, -0.1) is 0 Å². The van der Waals surface area contributed by atoms with Crippen molar-refractivity contribution in [2.45, 2.75) is 43.9 Å². The van der Waals surface area contributed by atoms with Gasteiger partial charge in [0.25, 0.3) is 5.56 Å². The maximum atomic E-state index is 12.9. The molecule has 0 radical (unpaired) electrons. The van der Waals surface area contributed by atoms with Crippen LogP contribution in [0.15, 0.2) is 10.9 Å². The third kappa shape index (κ3) is 2.07. The minimum Gasteiger partial charge on any atom is -0.361 e. The average molecular weight is 303 g/mol. The Morgan fingerprint density at radius 3 is 2.62 bits per heavy atom. The van der Waals surface area contributed by atoms with Crippen LogP contribution in [0, 0.1) is 10.1 Å². The monoisotopic (exact) mass is 303 g/mol. The van der Waals surface area contributed by atoms with E-state index in [1.165, 1.54) is 0 Å². The Kier molecular flexibility index (Phi) is 2.96. The average Bonchev–Trinajstić information content (AvgIpc) is 2.76. The first-order valence-corrected chi connectivity index (χ1v) is 6.58. The van der Waals surface area contributed by atoms with Gasteiger partial charge in [-0.1, -0.05) is 12.8 Å². The summed E-state index contributed by atoms with van der Waals surface area (Å²) < 4.78 is 40.0. The molecule has 1 aromatic heterocycles. The summed E-state index contributed by atoms with van der Waals surface area (Å²) >= 11 is 0. The zero-order chi connectivity index (χ0) is 15.4. The third-order valence-corrected chi connectivity index (χ3v) is 4.10. The summed E-state index contributed by atoms with van der Waals surface area (Å²) in [4.78, 5) is 22.0. The van der Waals surface area contributed by atoms with E-state index in [1.54, 1.807) is 0 Å². The van der Waals surface area contributed by atoms with E-state index >= 15 is 0 Å². The Balaban J connectivity index is 2.26. The van der Waals surface area contributed by atoms with Crippen molar-refractivity contribution in [3.8, 4) is 0 Å². The summed E-state index contributed by atoms with van der Waals surface area (Å²) in [6.45, 7) is 0. The summed E-state index contributed by atoms with van der Waals surface area (Å²) in [7, 11) is 0. The summed E-state index contributed by atoms with van der Waals surface area (Å²) in [5, 5.41) is 13.9. The fourth-order valence-electron chi connectivity index (χ4n) is 3.25. The maximum Gasteiger partial charge on any atom is 0.423 e. The summed E-state index contributed by atoms with van der Waals surface area (Å²) in [6.07, 6.45) is -1.88. The molecule has 2 heterocycles. The van der Waals surface area contributed by atoms with E-state index in [2.05, 4.69) is 5.32 Å². The number of nitro groups is 1. The predicted molar refractivity (Wildman–Crippen MR) is 67.3 cm³/mol. The summed E-state index contributed by atoms with van der Waals surface area (Å²) in [5.74, 6) is -0.309. The predicted octanol–water partition coefficient (Wildman–Crippen LogP) is 2.68. The first-order chi connectivity index (χ1) is 9.80. The van der Waals surface area contributed by atoms with E-state index in [-0.39, 0.29) is 17.9 Å². The van der Waals surface area contributed by atoms with Crippen molar-refractivity contribution in [1.29, 1.82) is 0 Å². The summed E-state index contributed by atoms with van der Waals surface area (Å²) in [6, 6.07) is -0.184. The molecular weight excluding hydrogens is 291 g/mol. The second kappa shape index (κ2) is 4.47. The van der Waals surface area contributed by atoms with Crippen LogP contribution in [-0.4, -0.2) is 15.5 Å². The van der Waals surface area contributed by atoms with Crippen LogP contribution < -0.4 is 10.9 Å². The molecule has 2 atom stereocenters. The molecular formula is C12H12F3N3O3. The van der Waals surface area contributed by atoms with Crippen LogP contribution in [0.3, 0.4) is 0 Å². The Labute approximate surface area is 116 Å². The second-order valence-corrected chi connectivity index (χ2v) is 5.32. The molecule has 0 spiro atoms. The Morgan fingerprint density at radius 2 is 2.00 bits per heavy atom. The zero-order valence-corrected chi connectivity index (χ0v) is 10.8. The molecule has 1 fully saturated rings. The van der Waals surface area contributed by atoms with Gasteiger partial charge in [0.05, 0.1) is 11.0 Å². The standard InChI is InChI=1S/C12H12F3N3O3/c13-12(14,15)6-5-9(19)17-8-4-2-1-3-7(8)16-11(17)10(6)18(20)21/h5,7-8,16H,1-4H2/t7-,8+/m0/s1. The topological polar surface area (TPSA) is 77.2 Å². The molecule has 0 amide bonds. The number of rotatable bonds is 1. The van der Waals surface area contributed by atoms with E-state index in [1.807, 2.05) is 0 Å². The molecule has 1 aliphatic heterocycles. The first-order valence-electron chi connectivity index (χ1n) is 6.58. The molecule has 1 aliphatic carbocycles. The van der Waals surface area contributed by atoms with Gasteiger partial charge in [0.15, 0.2) is 5.82 Å². The fraction of sp³-hybridized carbons (Fsp3) is 0.583. The van der Waals surface area contributed by atoms with E-state index in [0.717, 1.165) is 17.4 Å². The van der Waals surface area contributed by atoms with Crippen LogP contribution in [0.25, 0.3) is 0 Å². The molecule has 0 aromatic carbocycles. The highest BCUT2D eigenvalue weighted by Gasteiger charge is 2.46. The van der Waals surface area contributed by atoms with Crippen molar-refractivity contribution < 1.29 is 18.1 Å². The summed E-state index contributed by atoms with van der Waals surface area (Å²) in [5.41, 5.74) is -3.39. The minimum absolute atomic E-state index is 0.214. The van der Waals surface area contributed by atoms with E-state index in [4.69, 9.17) is 0 Å². The van der Waals surface area contributed by atoms with Gasteiger partial charge in [-0.3, -0.25) is 19.5 Å². The van der Waals surface area contributed by atoms with Crippen LogP contribution >= 0.6 is 0 Å². The number of fused-ring (bicyclic) bond motifs is 3. The fourth-order valence-corrected chi connectivity index (χ4v) is 3.25. The SMILES string of the molecule is O=c1cc(C(F)(F)F)c([N+](=O)[O-])c2n1[C@@H]1CCCC[C@@H]1N2. The van der Waals surface area contributed by atoms with Crippen molar-refractivity contribution in [2.24, 2.45) is 0 Å². The van der Waals surface area contributed by atoms with Gasteiger partial charge >= 0.3 is 11.9 Å². The van der Waals surface area contributed by atoms with E-state index in [0.29, 0.717) is 18.9 Å². The number of alkyl halides is 3. The quantitative estimate of drug-likeness (QED) is 0.639. The molecule has 0 unspecified atom stereocenters. The molecule has 9 heteroatoms. The molecule has 1 N–H and O–H groups in total. The van der Waals surface area contributed by atoms with Crippen molar-refractivity contribution >= 4 is 11.5 Å². The lowest BCUT2D eigenvalue weighted by molar-refractivity contribution is -0.387. The van der Waals surface area contributed by atoms with Gasteiger partial charge in [-0.05, 0) is 12.8 Å². The second-order valence-electron chi connectivity index (χ2n) is 5.32. The largest absolute Gasteiger partial charge is 0.423 e. The van der Waals surface area contributed by atoms with Crippen LogP contribution in [0.2, 0.25) is 0 Å². The van der Waals surface area contributed by atoms with Gasteiger partial charge < -0.3 is 5.32 Å². The van der Waals surface area contributed by atoms with E-state index in [9.17, 15) is 28.1 Å². The lowest BCUT2D eigenvalue weighted by Gasteiger charge is -2.25. The number of hydrogen-bond donors (Lipinski definition) is 1. The number of hydrogen-bond acceptors (Lipinski definition) is 4. The van der Waals surface area contributed by atoms with Crippen molar-refractivity contribution in [1.82, 2.24) is 4.57 Å². The van der Waals surface area contributed by atoms with Gasteiger partial charge in [0.2, 0.25) is 0 Å². The molecule has 1 saturated carbocycles. The van der Waals surface area contributed by atoms with Crippen molar-refractivity contribution in [2.75, 3.05) is 5.32 Å². The van der Waals surface area contributed by atoms with Gasteiger partial charge in [-0.2, -0.15) is 13.2 Å². The number of aromatic nitrogens is 1. The minimum atomic E-state index is -4.94. The van der Waals surface area contributed by atoms with Gasteiger partial charge in [-0.25, -0.2) is 0 Å². The molecule has 0 bridgehead atoms. The van der Waals surface area contributed by atoms with Crippen LogP contribution in [-0.2, 0) is 6.18 Å². The smallest absolute Gasteiger partial charge is 0.361 e. The third-order valence-electron chi connectivity index (χ3n) is 4.10. The van der Waals surface area contributed by atoms with Crippen LogP contribution in [0.5, 0.6) is 0 Å². The maximum absolute atomic E-state index is 12.9. The number of pyridine rings is 1. The molecule has 114 valence electrons. The lowest BCUT2D eigenvalue weighted by atomic mass is 9.91. The molecule has 0 saturated heterocycles. The van der Waals surface area contributed by atoms with Crippen molar-refractivity contribution in [3.05, 3.63) is 32.1 Å². The molecule has 1 aromatic rings. The van der Waals surface area contributed by atoms with Gasteiger partial charge in [0.1, 0.15) is 5.56 Å². The highest BCUT2D eigenvalue weighted by molar-refractivity contribution is 5.65. The van der Waals surface area contributed by atoms with Crippen LogP contribution in [0.1, 0.15) is 37.3 Å². The highest BCUT2D eigenvalue weighted by atomic mass is 19.4. The molecule has 3 rings (SSSR count). The Bertz CT molecular complexity index is 668. The van der Waals surface area contributed by atoms with Gasteiger partial charge in [0, 0.05) is 12.1 Å². The molecule has 2 aliphatic rings. The number of nitrogens with one attached hydrogen (secondary N) is 1. The lowest BCUT2D eigenvalue weighted by Crippen LogP contribution is -2.30. The van der Waals surface area contributed by atoms with Crippen LogP contribution in [0.4, 0.5) is 24.7 Å². The highest BCUT2D eigenvalue weighted by Crippen LogP contribution is 2.45.